The second-order valence-electron chi connectivity index (χ2n) is 3.88. The molecule has 104 valence electrons. The number of hydrogen-bond donors (Lipinski definition) is 0. The molecular formula is C13H9F3N2O2. The fourth-order valence-electron chi connectivity index (χ4n) is 1.53. The Labute approximate surface area is 112 Å². The Kier molecular flexibility index (Phi) is 3.97. The Bertz CT molecular complexity index is 583. The van der Waals surface area contributed by atoms with E-state index in [1.165, 1.54) is 30.7 Å². The molecule has 0 fully saturated rings. The van der Waals surface area contributed by atoms with Gasteiger partial charge in [-0.3, -0.25) is 9.78 Å². The van der Waals surface area contributed by atoms with Gasteiger partial charge >= 0.3 is 6.36 Å². The monoisotopic (exact) mass is 282 g/mol. The molecule has 1 aromatic heterocycles. The van der Waals surface area contributed by atoms with E-state index in [-0.39, 0.29) is 23.6 Å². The van der Waals surface area contributed by atoms with Crippen LogP contribution < -0.4 is 4.74 Å². The van der Waals surface area contributed by atoms with Gasteiger partial charge in [0.1, 0.15) is 11.4 Å². The number of hydrogen-bond acceptors (Lipinski definition) is 4. The number of aromatic nitrogens is 2. The molecule has 20 heavy (non-hydrogen) atoms. The van der Waals surface area contributed by atoms with Gasteiger partial charge in [-0.05, 0) is 17.7 Å². The highest BCUT2D eigenvalue weighted by atomic mass is 19.4. The second kappa shape index (κ2) is 5.68. The number of carbonyl (C=O) groups excluding carboxylic acids is 1. The van der Waals surface area contributed by atoms with Crippen molar-refractivity contribution in [2.24, 2.45) is 0 Å². The zero-order valence-corrected chi connectivity index (χ0v) is 10.1. The lowest BCUT2D eigenvalue weighted by Gasteiger charge is -2.09. The molecular weight excluding hydrogens is 273 g/mol. The predicted molar refractivity (Wildman–Crippen MR) is 63.2 cm³/mol. The number of ether oxygens (including phenoxy) is 1. The Morgan fingerprint density at radius 3 is 2.40 bits per heavy atom. The lowest BCUT2D eigenvalue weighted by Crippen LogP contribution is -2.17. The number of Topliss-reactive ketones (excluding diaryl/α,β-unsaturated/α-hetero) is 1. The molecule has 0 unspecified atom stereocenters. The van der Waals surface area contributed by atoms with Gasteiger partial charge in [0, 0.05) is 18.8 Å². The minimum atomic E-state index is -4.73. The fourth-order valence-corrected chi connectivity index (χ4v) is 1.53. The van der Waals surface area contributed by atoms with Crippen molar-refractivity contribution in [2.45, 2.75) is 12.8 Å². The summed E-state index contributed by atoms with van der Waals surface area (Å²) in [5.41, 5.74) is 0.776. The molecule has 4 nitrogen and oxygen atoms in total. The van der Waals surface area contributed by atoms with Gasteiger partial charge in [-0.1, -0.05) is 12.1 Å². The summed E-state index contributed by atoms with van der Waals surface area (Å²) in [4.78, 5) is 19.4. The van der Waals surface area contributed by atoms with E-state index in [1.807, 2.05) is 0 Å². The van der Waals surface area contributed by atoms with Crippen molar-refractivity contribution in [1.29, 1.82) is 0 Å². The van der Waals surface area contributed by atoms with Crippen molar-refractivity contribution in [2.75, 3.05) is 0 Å². The molecule has 0 saturated heterocycles. The molecule has 0 aliphatic heterocycles. The third-order valence-electron chi connectivity index (χ3n) is 2.37. The number of rotatable bonds is 4. The molecule has 1 aromatic carbocycles. The van der Waals surface area contributed by atoms with E-state index >= 15 is 0 Å². The molecule has 0 aliphatic carbocycles. The van der Waals surface area contributed by atoms with Gasteiger partial charge in [0.2, 0.25) is 0 Å². The van der Waals surface area contributed by atoms with Crippen LogP contribution in [0.15, 0.2) is 42.9 Å². The Balaban J connectivity index is 2.02. The predicted octanol–water partition coefficient (Wildman–Crippen LogP) is 2.80. The van der Waals surface area contributed by atoms with Gasteiger partial charge in [0.25, 0.3) is 0 Å². The van der Waals surface area contributed by atoms with E-state index in [2.05, 4.69) is 14.7 Å². The average molecular weight is 282 g/mol. The summed E-state index contributed by atoms with van der Waals surface area (Å²) >= 11 is 0. The van der Waals surface area contributed by atoms with Gasteiger partial charge in [-0.15, -0.1) is 13.2 Å². The van der Waals surface area contributed by atoms with Gasteiger partial charge < -0.3 is 4.74 Å². The van der Waals surface area contributed by atoms with Crippen molar-refractivity contribution in [3.8, 4) is 5.75 Å². The molecule has 0 N–H and O–H groups in total. The highest BCUT2D eigenvalue weighted by molar-refractivity contribution is 5.95. The van der Waals surface area contributed by atoms with Crippen molar-refractivity contribution < 1.29 is 22.7 Å². The number of nitrogens with zero attached hydrogens (tertiary/aromatic N) is 2. The van der Waals surface area contributed by atoms with E-state index in [1.54, 1.807) is 0 Å². The number of halogens is 3. The van der Waals surface area contributed by atoms with Crippen LogP contribution in [-0.2, 0) is 6.42 Å². The quantitative estimate of drug-likeness (QED) is 0.809. The molecule has 0 radical (unpaired) electrons. The number of carbonyl (C=O) groups is 1. The van der Waals surface area contributed by atoms with Gasteiger partial charge in [-0.2, -0.15) is 0 Å². The Morgan fingerprint density at radius 2 is 1.85 bits per heavy atom. The first-order chi connectivity index (χ1) is 9.44. The van der Waals surface area contributed by atoms with Crippen molar-refractivity contribution in [1.82, 2.24) is 9.97 Å². The number of alkyl halides is 3. The molecule has 7 heteroatoms. The Morgan fingerprint density at radius 1 is 1.15 bits per heavy atom. The zero-order valence-electron chi connectivity index (χ0n) is 10.1. The van der Waals surface area contributed by atoms with Crippen LogP contribution in [0.5, 0.6) is 5.75 Å². The van der Waals surface area contributed by atoms with Crippen LogP contribution in [0.25, 0.3) is 0 Å². The van der Waals surface area contributed by atoms with Crippen LogP contribution in [0.4, 0.5) is 13.2 Å². The van der Waals surface area contributed by atoms with Crippen molar-refractivity contribution in [3.05, 3.63) is 54.1 Å². The van der Waals surface area contributed by atoms with Crippen LogP contribution in [0.1, 0.15) is 16.1 Å². The molecule has 1 heterocycles. The molecule has 0 atom stereocenters. The van der Waals surface area contributed by atoms with Crippen molar-refractivity contribution in [3.63, 3.8) is 0 Å². The first kappa shape index (κ1) is 14.0. The largest absolute Gasteiger partial charge is 0.573 e. The molecule has 0 aliphatic rings. The zero-order chi connectivity index (χ0) is 14.6. The average Bonchev–Trinajstić information content (AvgIpc) is 2.40. The van der Waals surface area contributed by atoms with Crippen LogP contribution in [0.3, 0.4) is 0 Å². The van der Waals surface area contributed by atoms with Crippen LogP contribution >= 0.6 is 0 Å². The maximum atomic E-state index is 12.0. The van der Waals surface area contributed by atoms with E-state index in [4.69, 9.17) is 0 Å². The smallest absolute Gasteiger partial charge is 0.406 e. The second-order valence-corrected chi connectivity index (χ2v) is 3.88. The minimum Gasteiger partial charge on any atom is -0.406 e. The first-order valence-corrected chi connectivity index (χ1v) is 5.58. The lowest BCUT2D eigenvalue weighted by molar-refractivity contribution is -0.274. The van der Waals surface area contributed by atoms with Crippen LogP contribution in [-0.4, -0.2) is 22.1 Å². The van der Waals surface area contributed by atoms with Gasteiger partial charge in [0.15, 0.2) is 5.78 Å². The maximum Gasteiger partial charge on any atom is 0.573 e. The molecule has 2 rings (SSSR count). The third kappa shape index (κ3) is 4.04. The lowest BCUT2D eigenvalue weighted by atomic mass is 10.1. The summed E-state index contributed by atoms with van der Waals surface area (Å²) in [6, 6.07) is 5.12. The summed E-state index contributed by atoms with van der Waals surface area (Å²) < 4.78 is 39.7. The summed E-state index contributed by atoms with van der Waals surface area (Å²) in [6.07, 6.45) is -0.515. The van der Waals surface area contributed by atoms with E-state index in [0.29, 0.717) is 5.56 Å². The SMILES string of the molecule is O=C(Cc1ccc(OC(F)(F)F)cc1)c1cnccn1. The fraction of sp³-hybridized carbons (Fsp3) is 0.154. The molecule has 2 aromatic rings. The van der Waals surface area contributed by atoms with E-state index in [0.717, 1.165) is 12.1 Å². The summed E-state index contributed by atoms with van der Waals surface area (Å²) in [6.45, 7) is 0. The summed E-state index contributed by atoms with van der Waals surface area (Å²) in [7, 11) is 0. The van der Waals surface area contributed by atoms with Crippen molar-refractivity contribution >= 4 is 5.78 Å². The molecule has 0 bridgehead atoms. The van der Waals surface area contributed by atoms with Gasteiger partial charge in [0.05, 0.1) is 6.20 Å². The normalized spacial score (nSPS) is 11.2. The summed E-state index contributed by atoms with van der Waals surface area (Å²) in [5, 5.41) is 0. The third-order valence-corrected chi connectivity index (χ3v) is 2.37. The van der Waals surface area contributed by atoms with Crippen LogP contribution in [0.2, 0.25) is 0 Å². The van der Waals surface area contributed by atoms with E-state index < -0.39 is 6.36 Å². The maximum absolute atomic E-state index is 12.0. The first-order valence-electron chi connectivity index (χ1n) is 5.58. The number of benzene rings is 1. The summed E-state index contributed by atoms with van der Waals surface area (Å²) in [5.74, 6) is -0.587. The molecule has 0 amide bonds. The highest BCUT2D eigenvalue weighted by Gasteiger charge is 2.30. The van der Waals surface area contributed by atoms with Gasteiger partial charge in [-0.25, -0.2) is 4.98 Å². The Hall–Kier alpha value is -2.44. The highest BCUT2D eigenvalue weighted by Crippen LogP contribution is 2.22. The minimum absolute atomic E-state index is 0.0327. The number of ketones is 1. The molecule has 0 spiro atoms. The topological polar surface area (TPSA) is 52.1 Å². The van der Waals surface area contributed by atoms with E-state index in [9.17, 15) is 18.0 Å². The standard InChI is InChI=1S/C13H9F3N2O2/c14-13(15,16)20-10-3-1-9(2-4-10)7-12(19)11-8-17-5-6-18-11/h1-6,8H,7H2. The van der Waals surface area contributed by atoms with Crippen LogP contribution in [0, 0.1) is 0 Å². The molecule has 0 saturated carbocycles.